The molecule has 1 aromatic heterocycles. The minimum absolute atomic E-state index is 0.669. The van der Waals surface area contributed by atoms with Gasteiger partial charge in [-0.15, -0.1) is 0 Å². The summed E-state index contributed by atoms with van der Waals surface area (Å²) in [6.07, 6.45) is 9.93. The highest BCUT2D eigenvalue weighted by Crippen LogP contribution is 2.33. The summed E-state index contributed by atoms with van der Waals surface area (Å²) in [4.78, 5) is 0. The quantitative estimate of drug-likeness (QED) is 0.747. The predicted molar refractivity (Wildman–Crippen MR) is 68.4 cm³/mol. The van der Waals surface area contributed by atoms with Crippen LogP contribution in [0.4, 0.5) is 0 Å². The molecule has 2 rings (SSSR count). The highest BCUT2D eigenvalue weighted by atomic mass is 14.9. The molecule has 0 spiro atoms. The normalized spacial score (nSPS) is 17.6. The second kappa shape index (κ2) is 5.53. The number of nitrogens with zero attached hydrogens (tertiary/aromatic N) is 1. The maximum absolute atomic E-state index is 3.61. The molecule has 0 aromatic carbocycles. The average Bonchev–Trinajstić information content (AvgIpc) is 2.95. The van der Waals surface area contributed by atoms with Gasteiger partial charge >= 0.3 is 0 Å². The fourth-order valence-electron chi connectivity index (χ4n) is 2.22. The van der Waals surface area contributed by atoms with Crippen LogP contribution in [0.2, 0.25) is 0 Å². The zero-order chi connectivity index (χ0) is 11.4. The van der Waals surface area contributed by atoms with Crippen LogP contribution in [0.15, 0.2) is 18.5 Å². The smallest absolute Gasteiger partial charge is 0.0223 e. The van der Waals surface area contributed by atoms with Crippen LogP contribution in [0.3, 0.4) is 0 Å². The van der Waals surface area contributed by atoms with Crippen LogP contribution in [0, 0.1) is 5.92 Å². The fourth-order valence-corrected chi connectivity index (χ4v) is 2.22. The van der Waals surface area contributed by atoms with Crippen LogP contribution >= 0.6 is 0 Å². The number of hydrogen-bond acceptors (Lipinski definition) is 1. The highest BCUT2D eigenvalue weighted by molar-refractivity contribution is 5.10. The van der Waals surface area contributed by atoms with Crippen LogP contribution < -0.4 is 5.32 Å². The number of aryl methyl sites for hydroxylation is 1. The Morgan fingerprint density at radius 3 is 3.00 bits per heavy atom. The zero-order valence-corrected chi connectivity index (χ0v) is 10.6. The van der Waals surface area contributed by atoms with E-state index in [9.17, 15) is 0 Å². The van der Waals surface area contributed by atoms with Crippen molar-refractivity contribution >= 4 is 0 Å². The monoisotopic (exact) mass is 220 g/mol. The Bertz CT molecular complexity index is 312. The second-order valence-corrected chi connectivity index (χ2v) is 5.22. The van der Waals surface area contributed by atoms with Crippen molar-refractivity contribution in [1.29, 1.82) is 0 Å². The summed E-state index contributed by atoms with van der Waals surface area (Å²) >= 11 is 0. The lowest BCUT2D eigenvalue weighted by molar-refractivity contribution is 0.487. The number of aromatic nitrogens is 1. The molecule has 0 saturated heterocycles. The summed E-state index contributed by atoms with van der Waals surface area (Å²) in [5.41, 5.74) is 1.41. The van der Waals surface area contributed by atoms with Crippen molar-refractivity contribution in [1.82, 2.24) is 9.88 Å². The van der Waals surface area contributed by atoms with Gasteiger partial charge in [-0.3, -0.25) is 0 Å². The van der Waals surface area contributed by atoms with E-state index in [0.29, 0.717) is 6.04 Å². The first-order valence-corrected chi connectivity index (χ1v) is 6.66. The largest absolute Gasteiger partial charge is 0.354 e. The fraction of sp³-hybridized carbons (Fsp3) is 0.714. The topological polar surface area (TPSA) is 17.0 Å². The summed E-state index contributed by atoms with van der Waals surface area (Å²) < 4.78 is 2.28. The first kappa shape index (κ1) is 11.7. The van der Waals surface area contributed by atoms with Gasteiger partial charge in [0.15, 0.2) is 0 Å². The summed E-state index contributed by atoms with van der Waals surface area (Å²) in [5.74, 6) is 1.02. The Kier molecular flexibility index (Phi) is 4.05. The first-order chi connectivity index (χ1) is 7.78. The third kappa shape index (κ3) is 3.67. The Hall–Kier alpha value is -0.760. The molecule has 1 N–H and O–H groups in total. The minimum atomic E-state index is 0.669. The van der Waals surface area contributed by atoms with Gasteiger partial charge in [0.25, 0.3) is 0 Å². The standard InChI is InChI=1S/C14H24N2/c1-3-7-16-8-6-14(11-16)10-15-12(2)9-13-4-5-13/h6,8,11-13,15H,3-5,7,9-10H2,1-2H3. The highest BCUT2D eigenvalue weighted by Gasteiger charge is 2.23. The third-order valence-corrected chi connectivity index (χ3v) is 3.33. The van der Waals surface area contributed by atoms with Gasteiger partial charge in [-0.1, -0.05) is 19.8 Å². The number of hydrogen-bond donors (Lipinski definition) is 1. The molecule has 1 fully saturated rings. The van der Waals surface area contributed by atoms with Crippen molar-refractivity contribution in [3.63, 3.8) is 0 Å². The Labute approximate surface area is 99.0 Å². The molecular weight excluding hydrogens is 196 g/mol. The van der Waals surface area contributed by atoms with Crippen molar-refractivity contribution in [2.24, 2.45) is 5.92 Å². The molecular formula is C14H24N2. The minimum Gasteiger partial charge on any atom is -0.354 e. The molecule has 0 amide bonds. The van der Waals surface area contributed by atoms with Crippen molar-refractivity contribution in [3.8, 4) is 0 Å². The molecule has 1 heterocycles. The molecule has 1 aliphatic rings. The van der Waals surface area contributed by atoms with Crippen LogP contribution in [-0.2, 0) is 13.1 Å². The molecule has 16 heavy (non-hydrogen) atoms. The van der Waals surface area contributed by atoms with Crippen LogP contribution in [-0.4, -0.2) is 10.6 Å². The third-order valence-electron chi connectivity index (χ3n) is 3.33. The van der Waals surface area contributed by atoms with Crippen molar-refractivity contribution in [2.45, 2.75) is 58.7 Å². The molecule has 1 aliphatic carbocycles. The van der Waals surface area contributed by atoms with E-state index < -0.39 is 0 Å². The van der Waals surface area contributed by atoms with E-state index in [4.69, 9.17) is 0 Å². The zero-order valence-electron chi connectivity index (χ0n) is 10.6. The molecule has 0 radical (unpaired) electrons. The van der Waals surface area contributed by atoms with Crippen LogP contribution in [0.5, 0.6) is 0 Å². The molecule has 1 aromatic rings. The van der Waals surface area contributed by atoms with Gasteiger partial charge in [-0.05, 0) is 37.3 Å². The van der Waals surface area contributed by atoms with E-state index in [1.165, 1.54) is 31.2 Å². The summed E-state index contributed by atoms with van der Waals surface area (Å²) in [6, 6.07) is 2.90. The lowest BCUT2D eigenvalue weighted by Gasteiger charge is -2.12. The summed E-state index contributed by atoms with van der Waals surface area (Å²) in [6.45, 7) is 6.68. The van der Waals surface area contributed by atoms with E-state index >= 15 is 0 Å². The molecule has 1 unspecified atom stereocenters. The van der Waals surface area contributed by atoms with Crippen molar-refractivity contribution in [3.05, 3.63) is 24.0 Å². The van der Waals surface area contributed by atoms with Gasteiger partial charge in [-0.2, -0.15) is 0 Å². The number of rotatable bonds is 7. The molecule has 1 saturated carbocycles. The second-order valence-electron chi connectivity index (χ2n) is 5.22. The SMILES string of the molecule is CCCn1ccc(CNC(C)CC2CC2)c1. The predicted octanol–water partition coefficient (Wildman–Crippen LogP) is 3.18. The van der Waals surface area contributed by atoms with Gasteiger partial charge < -0.3 is 9.88 Å². The molecule has 1 atom stereocenters. The van der Waals surface area contributed by atoms with E-state index in [2.05, 4.69) is 42.2 Å². The summed E-state index contributed by atoms with van der Waals surface area (Å²) in [7, 11) is 0. The molecule has 0 bridgehead atoms. The molecule has 0 aliphatic heterocycles. The van der Waals surface area contributed by atoms with Crippen LogP contribution in [0.25, 0.3) is 0 Å². The summed E-state index contributed by atoms with van der Waals surface area (Å²) in [5, 5.41) is 3.61. The first-order valence-electron chi connectivity index (χ1n) is 6.66. The Morgan fingerprint density at radius 2 is 2.31 bits per heavy atom. The average molecular weight is 220 g/mol. The van der Waals surface area contributed by atoms with Crippen molar-refractivity contribution in [2.75, 3.05) is 0 Å². The lowest BCUT2D eigenvalue weighted by Crippen LogP contribution is -2.25. The Balaban J connectivity index is 1.70. The molecule has 90 valence electrons. The van der Waals surface area contributed by atoms with Gasteiger partial charge in [-0.25, -0.2) is 0 Å². The van der Waals surface area contributed by atoms with E-state index in [1.54, 1.807) is 0 Å². The maximum atomic E-state index is 3.61. The van der Waals surface area contributed by atoms with Gasteiger partial charge in [0, 0.05) is 31.5 Å². The van der Waals surface area contributed by atoms with Crippen LogP contribution in [0.1, 0.15) is 45.1 Å². The molecule has 2 nitrogen and oxygen atoms in total. The molecule has 2 heteroatoms. The van der Waals surface area contributed by atoms with Gasteiger partial charge in [0.05, 0.1) is 0 Å². The van der Waals surface area contributed by atoms with E-state index in [1.807, 2.05) is 0 Å². The van der Waals surface area contributed by atoms with Gasteiger partial charge in [0.2, 0.25) is 0 Å². The maximum Gasteiger partial charge on any atom is 0.0223 e. The van der Waals surface area contributed by atoms with Gasteiger partial charge in [0.1, 0.15) is 0 Å². The van der Waals surface area contributed by atoms with E-state index in [-0.39, 0.29) is 0 Å². The number of nitrogens with one attached hydrogen (secondary N) is 1. The Morgan fingerprint density at radius 1 is 1.50 bits per heavy atom. The van der Waals surface area contributed by atoms with E-state index in [0.717, 1.165) is 19.0 Å². The van der Waals surface area contributed by atoms with Crippen molar-refractivity contribution < 1.29 is 0 Å². The lowest BCUT2D eigenvalue weighted by atomic mass is 10.1.